The second-order valence-electron chi connectivity index (χ2n) is 5.82. The Balaban J connectivity index is 1.92. The molecule has 2 saturated heterocycles. The Bertz CT molecular complexity index is 689. The van der Waals surface area contributed by atoms with Crippen molar-refractivity contribution >= 4 is 21.6 Å². The number of hydrogen-bond acceptors (Lipinski definition) is 6. The summed E-state index contributed by atoms with van der Waals surface area (Å²) in [5.41, 5.74) is 0.484. The van der Waals surface area contributed by atoms with Crippen molar-refractivity contribution in [3.63, 3.8) is 0 Å². The molecule has 1 aromatic heterocycles. The Labute approximate surface area is 129 Å². The van der Waals surface area contributed by atoms with Crippen LogP contribution in [0.4, 0.5) is 5.82 Å². The van der Waals surface area contributed by atoms with Crippen LogP contribution in [0.3, 0.4) is 0 Å². The van der Waals surface area contributed by atoms with Crippen LogP contribution >= 0.6 is 0 Å². The highest BCUT2D eigenvalue weighted by atomic mass is 32.2. The molecule has 8 heteroatoms. The third kappa shape index (κ3) is 2.68. The second kappa shape index (κ2) is 5.51. The van der Waals surface area contributed by atoms with Crippen LogP contribution in [0.2, 0.25) is 0 Å². The predicted octanol–water partition coefficient (Wildman–Crippen LogP) is -0.214. The fourth-order valence-corrected chi connectivity index (χ4v) is 4.91. The van der Waals surface area contributed by atoms with Crippen molar-refractivity contribution in [3.8, 4) is 0 Å². The van der Waals surface area contributed by atoms with Gasteiger partial charge in [-0.3, -0.25) is 4.79 Å². The maximum absolute atomic E-state index is 12.9. The first-order valence-electron chi connectivity index (χ1n) is 7.14. The zero-order chi connectivity index (χ0) is 15.9. The van der Waals surface area contributed by atoms with Gasteiger partial charge in [0.05, 0.1) is 35.8 Å². The zero-order valence-electron chi connectivity index (χ0n) is 12.6. The summed E-state index contributed by atoms with van der Waals surface area (Å²) >= 11 is 0. The first-order valence-corrected chi connectivity index (χ1v) is 8.96. The van der Waals surface area contributed by atoms with Crippen molar-refractivity contribution in [3.05, 3.63) is 23.9 Å². The zero-order valence-corrected chi connectivity index (χ0v) is 13.4. The van der Waals surface area contributed by atoms with Gasteiger partial charge in [0.2, 0.25) is 0 Å². The molecule has 2 aliphatic heterocycles. The van der Waals surface area contributed by atoms with Gasteiger partial charge in [-0.1, -0.05) is 0 Å². The Morgan fingerprint density at radius 2 is 2.18 bits per heavy atom. The molecule has 0 aliphatic carbocycles. The van der Waals surface area contributed by atoms with Gasteiger partial charge in [0.1, 0.15) is 5.82 Å². The number of carbonyl (C=O) groups excluding carboxylic acids is 1. The van der Waals surface area contributed by atoms with E-state index in [9.17, 15) is 13.2 Å². The van der Waals surface area contributed by atoms with Crippen molar-refractivity contribution in [2.45, 2.75) is 12.1 Å². The summed E-state index contributed by atoms with van der Waals surface area (Å²) in [6.07, 6.45) is 1.22. The second-order valence-corrected chi connectivity index (χ2v) is 7.97. The first-order chi connectivity index (χ1) is 10.4. The van der Waals surface area contributed by atoms with Gasteiger partial charge in [-0.05, 0) is 12.1 Å². The molecule has 7 nitrogen and oxygen atoms in total. The van der Waals surface area contributed by atoms with Gasteiger partial charge in [0.25, 0.3) is 5.91 Å². The standard InChI is InChI=1S/C14H19N3O4S/c1-16(2)13-10(4-3-5-15-13)14(18)17-6-7-21-12-9-22(19,20)8-11(12)17/h3-5,11-12H,6-9H2,1-2H3. The van der Waals surface area contributed by atoms with Gasteiger partial charge in [0, 0.05) is 26.8 Å². The smallest absolute Gasteiger partial charge is 0.258 e. The summed E-state index contributed by atoms with van der Waals surface area (Å²) in [7, 11) is 0.493. The fourth-order valence-electron chi connectivity index (χ4n) is 3.04. The minimum absolute atomic E-state index is 0.00494. The molecule has 0 N–H and O–H groups in total. The predicted molar refractivity (Wildman–Crippen MR) is 81.8 cm³/mol. The summed E-state index contributed by atoms with van der Waals surface area (Å²) in [5, 5.41) is 0. The summed E-state index contributed by atoms with van der Waals surface area (Å²) in [6.45, 7) is 0.761. The molecule has 0 saturated carbocycles. The lowest BCUT2D eigenvalue weighted by molar-refractivity contribution is -0.0361. The Morgan fingerprint density at radius 1 is 1.41 bits per heavy atom. The van der Waals surface area contributed by atoms with Crippen LogP contribution in [0.1, 0.15) is 10.4 Å². The lowest BCUT2D eigenvalue weighted by atomic mass is 10.1. The minimum atomic E-state index is -3.15. The minimum Gasteiger partial charge on any atom is -0.373 e. The number of fused-ring (bicyclic) bond motifs is 1. The van der Waals surface area contributed by atoms with E-state index >= 15 is 0 Å². The number of rotatable bonds is 2. The van der Waals surface area contributed by atoms with Crippen LogP contribution < -0.4 is 4.90 Å². The average molecular weight is 325 g/mol. The van der Waals surface area contributed by atoms with Crippen LogP contribution in [0, 0.1) is 0 Å². The van der Waals surface area contributed by atoms with Gasteiger partial charge < -0.3 is 14.5 Å². The molecule has 120 valence electrons. The van der Waals surface area contributed by atoms with Crippen molar-refractivity contribution in [2.24, 2.45) is 0 Å². The molecule has 0 bridgehead atoms. The van der Waals surface area contributed by atoms with Crippen molar-refractivity contribution in [2.75, 3.05) is 43.7 Å². The Morgan fingerprint density at radius 3 is 2.91 bits per heavy atom. The number of aromatic nitrogens is 1. The average Bonchev–Trinajstić information content (AvgIpc) is 2.80. The van der Waals surface area contributed by atoms with Gasteiger partial charge in [0.15, 0.2) is 9.84 Å². The highest BCUT2D eigenvalue weighted by Gasteiger charge is 2.46. The van der Waals surface area contributed by atoms with E-state index in [4.69, 9.17) is 4.74 Å². The quantitative estimate of drug-likeness (QED) is 0.748. The molecule has 2 unspecified atom stereocenters. The molecule has 2 fully saturated rings. The molecule has 0 radical (unpaired) electrons. The number of anilines is 1. The number of pyridine rings is 1. The Kier molecular flexibility index (Phi) is 3.82. The van der Waals surface area contributed by atoms with E-state index in [1.165, 1.54) is 0 Å². The third-order valence-electron chi connectivity index (χ3n) is 4.04. The number of nitrogens with zero attached hydrogens (tertiary/aromatic N) is 3. The number of ether oxygens (including phenoxy) is 1. The number of amides is 1. The number of morpholine rings is 1. The van der Waals surface area contributed by atoms with Gasteiger partial charge >= 0.3 is 0 Å². The normalized spacial score (nSPS) is 26.5. The summed E-state index contributed by atoms with van der Waals surface area (Å²) in [4.78, 5) is 20.5. The Hall–Kier alpha value is -1.67. The number of hydrogen-bond donors (Lipinski definition) is 0. The summed E-state index contributed by atoms with van der Waals surface area (Å²) in [6, 6.07) is 3.03. The van der Waals surface area contributed by atoms with Crippen LogP contribution in [-0.2, 0) is 14.6 Å². The van der Waals surface area contributed by atoms with Gasteiger partial charge in [-0.25, -0.2) is 13.4 Å². The molecular weight excluding hydrogens is 306 g/mol. The third-order valence-corrected chi connectivity index (χ3v) is 5.72. The molecule has 0 aromatic carbocycles. The summed E-state index contributed by atoms with van der Waals surface area (Å²) in [5.74, 6) is 0.360. The van der Waals surface area contributed by atoms with E-state index in [0.29, 0.717) is 24.5 Å². The summed E-state index contributed by atoms with van der Waals surface area (Å²) < 4.78 is 29.2. The molecule has 2 atom stereocenters. The number of sulfone groups is 1. The largest absolute Gasteiger partial charge is 0.373 e. The SMILES string of the molecule is CN(C)c1ncccc1C(=O)N1CCOC2CS(=O)(=O)CC21. The molecule has 3 heterocycles. The molecule has 1 aromatic rings. The molecule has 22 heavy (non-hydrogen) atoms. The van der Waals surface area contributed by atoms with E-state index in [-0.39, 0.29) is 17.4 Å². The van der Waals surface area contributed by atoms with E-state index in [1.807, 2.05) is 14.1 Å². The lowest BCUT2D eigenvalue weighted by Crippen LogP contribution is -2.53. The van der Waals surface area contributed by atoms with Crippen LogP contribution in [0.25, 0.3) is 0 Å². The van der Waals surface area contributed by atoms with Crippen LogP contribution in [0.5, 0.6) is 0 Å². The van der Waals surface area contributed by atoms with Crippen LogP contribution in [0.15, 0.2) is 18.3 Å². The van der Waals surface area contributed by atoms with Crippen molar-refractivity contribution in [1.82, 2.24) is 9.88 Å². The van der Waals surface area contributed by atoms with E-state index < -0.39 is 22.0 Å². The monoisotopic (exact) mass is 325 g/mol. The highest BCUT2D eigenvalue weighted by molar-refractivity contribution is 7.91. The molecule has 0 spiro atoms. The van der Waals surface area contributed by atoms with E-state index in [0.717, 1.165) is 0 Å². The number of carbonyl (C=O) groups is 1. The van der Waals surface area contributed by atoms with Gasteiger partial charge in [-0.2, -0.15) is 0 Å². The van der Waals surface area contributed by atoms with E-state index in [2.05, 4.69) is 4.98 Å². The first kappa shape index (κ1) is 15.2. The molecule has 2 aliphatic rings. The topological polar surface area (TPSA) is 79.8 Å². The van der Waals surface area contributed by atoms with Gasteiger partial charge in [-0.15, -0.1) is 0 Å². The maximum atomic E-state index is 12.9. The molecule has 3 rings (SSSR count). The molecule has 1 amide bonds. The van der Waals surface area contributed by atoms with Crippen molar-refractivity contribution < 1.29 is 17.9 Å². The lowest BCUT2D eigenvalue weighted by Gasteiger charge is -2.37. The maximum Gasteiger partial charge on any atom is 0.258 e. The fraction of sp³-hybridized carbons (Fsp3) is 0.571. The molecular formula is C14H19N3O4S. The van der Waals surface area contributed by atoms with Crippen molar-refractivity contribution in [1.29, 1.82) is 0 Å². The highest BCUT2D eigenvalue weighted by Crippen LogP contribution is 2.27. The van der Waals surface area contributed by atoms with Crippen LogP contribution in [-0.4, -0.2) is 75.1 Å². The van der Waals surface area contributed by atoms with E-state index in [1.54, 1.807) is 28.1 Å².